The van der Waals surface area contributed by atoms with Crippen molar-refractivity contribution in [3.8, 4) is 11.5 Å². The van der Waals surface area contributed by atoms with Crippen LogP contribution >= 0.6 is 24.0 Å². The van der Waals surface area contributed by atoms with Gasteiger partial charge in [-0.3, -0.25) is 4.79 Å². The Morgan fingerprint density at radius 1 is 1.26 bits per heavy atom. The summed E-state index contributed by atoms with van der Waals surface area (Å²) in [6, 6.07) is 0. The zero-order chi connectivity index (χ0) is 28.5. The summed E-state index contributed by atoms with van der Waals surface area (Å²) in [6.07, 6.45) is 7.19. The number of thiocarbonyl (C=S) groups is 1. The highest BCUT2D eigenvalue weighted by atomic mass is 32.2. The number of fused-ring (bicyclic) bond motifs is 1. The number of carbonyl (C=O) groups is 2. The molecule has 0 aliphatic carbocycles. The van der Waals surface area contributed by atoms with E-state index in [1.807, 2.05) is 60.0 Å². The van der Waals surface area contributed by atoms with Crippen LogP contribution < -0.4 is 9.47 Å². The number of benzene rings is 1. The molecule has 0 unspecified atom stereocenters. The second-order valence-electron chi connectivity index (χ2n) is 9.96. The van der Waals surface area contributed by atoms with Crippen molar-refractivity contribution in [2.45, 2.75) is 53.6 Å². The van der Waals surface area contributed by atoms with Crippen molar-refractivity contribution >= 4 is 41.1 Å². The molecule has 8 nitrogen and oxygen atoms in total. The van der Waals surface area contributed by atoms with Gasteiger partial charge < -0.3 is 28.7 Å². The molecule has 0 saturated carbocycles. The molecule has 0 atom stereocenters. The summed E-state index contributed by atoms with van der Waals surface area (Å²) in [4.78, 5) is 28.8. The maximum absolute atomic E-state index is 12.7. The van der Waals surface area contributed by atoms with E-state index < -0.39 is 5.97 Å². The van der Waals surface area contributed by atoms with E-state index in [9.17, 15) is 9.59 Å². The van der Waals surface area contributed by atoms with Crippen LogP contribution in [0.5, 0.6) is 11.5 Å². The molecular formula is C29H38N2O6S2. The summed E-state index contributed by atoms with van der Waals surface area (Å²) < 4.78 is 22.7. The van der Waals surface area contributed by atoms with E-state index in [-0.39, 0.29) is 24.2 Å². The minimum atomic E-state index is -0.431. The van der Waals surface area contributed by atoms with Gasteiger partial charge in [-0.15, -0.1) is 11.8 Å². The summed E-state index contributed by atoms with van der Waals surface area (Å²) in [5.41, 5.74) is 3.72. The number of hydrogen-bond donors (Lipinski definition) is 0. The lowest BCUT2D eigenvalue weighted by Crippen LogP contribution is -2.33. The van der Waals surface area contributed by atoms with Crippen molar-refractivity contribution in [2.24, 2.45) is 5.92 Å². The minimum Gasteiger partial charge on any atom is -0.496 e. The number of carbonyl (C=O) groups excluding carboxylic acids is 2. The van der Waals surface area contributed by atoms with E-state index in [1.54, 1.807) is 18.9 Å². The smallest absolute Gasteiger partial charge is 0.342 e. The van der Waals surface area contributed by atoms with Crippen LogP contribution in [0.3, 0.4) is 0 Å². The van der Waals surface area contributed by atoms with Gasteiger partial charge in [0.25, 0.3) is 5.17 Å². The quantitative estimate of drug-likeness (QED) is 0.175. The number of cyclic esters (lactones) is 1. The standard InChI is InChI=1S/C29H38N2O6S2/c1-19(2)17-30(5)29(38)37-27-22(26(34-6)21(4)23-18-36-28(33)25(23)27)9-7-20(3)8-10-24(32)35-14-11-31-12-15-39-16-13-31/h7,12-13,15-16,19H,8-11,14,17-18H2,1-6H3. The van der Waals surface area contributed by atoms with E-state index in [0.717, 1.165) is 22.3 Å². The molecule has 1 aromatic carbocycles. The lowest BCUT2D eigenvalue weighted by atomic mass is 9.94. The first-order valence-electron chi connectivity index (χ1n) is 13.0. The predicted molar refractivity (Wildman–Crippen MR) is 158 cm³/mol. The summed E-state index contributed by atoms with van der Waals surface area (Å²) in [6.45, 7) is 9.90. The first-order valence-corrected chi connectivity index (χ1v) is 14.4. The van der Waals surface area contributed by atoms with Gasteiger partial charge >= 0.3 is 11.9 Å². The molecule has 0 amide bonds. The number of esters is 2. The Labute approximate surface area is 241 Å². The van der Waals surface area contributed by atoms with Crippen LogP contribution in [0.25, 0.3) is 0 Å². The predicted octanol–water partition coefficient (Wildman–Crippen LogP) is 5.73. The van der Waals surface area contributed by atoms with Gasteiger partial charge in [-0.05, 0) is 61.2 Å². The molecule has 1 aromatic rings. The van der Waals surface area contributed by atoms with Crippen LogP contribution in [-0.4, -0.2) is 60.8 Å². The first-order chi connectivity index (χ1) is 18.6. The SMILES string of the molecule is COc1c(C)c2c(c(OC(=S)N(C)CC(C)C)c1CC=C(C)CCC(=O)OCCN1C=CSC=C1)C(=O)OC2. The highest BCUT2D eigenvalue weighted by Gasteiger charge is 2.34. The van der Waals surface area contributed by atoms with Crippen molar-refractivity contribution in [2.75, 3.05) is 33.9 Å². The van der Waals surface area contributed by atoms with E-state index in [4.69, 9.17) is 31.2 Å². The molecule has 39 heavy (non-hydrogen) atoms. The van der Waals surface area contributed by atoms with Crippen LogP contribution in [0.15, 0.2) is 34.9 Å². The molecule has 3 rings (SSSR count). The van der Waals surface area contributed by atoms with Gasteiger partial charge in [0.2, 0.25) is 0 Å². The number of ether oxygens (including phenoxy) is 4. The normalized spacial score (nSPS) is 14.4. The third-order valence-electron chi connectivity index (χ3n) is 6.42. The number of methoxy groups -OCH3 is 1. The summed E-state index contributed by atoms with van der Waals surface area (Å²) in [5.74, 6) is 0.726. The molecule has 0 spiro atoms. The van der Waals surface area contributed by atoms with Gasteiger partial charge in [-0.1, -0.05) is 25.5 Å². The lowest BCUT2D eigenvalue weighted by Gasteiger charge is -2.24. The number of allylic oxidation sites excluding steroid dienone is 2. The van der Waals surface area contributed by atoms with Crippen LogP contribution in [0.4, 0.5) is 0 Å². The molecule has 2 aliphatic heterocycles. The first kappa shape index (κ1) is 30.6. The number of nitrogens with zero attached hydrogens (tertiary/aromatic N) is 2. The van der Waals surface area contributed by atoms with E-state index >= 15 is 0 Å². The number of rotatable bonds is 12. The zero-order valence-corrected chi connectivity index (χ0v) is 25.2. The molecule has 10 heteroatoms. The summed E-state index contributed by atoms with van der Waals surface area (Å²) >= 11 is 7.18. The lowest BCUT2D eigenvalue weighted by molar-refractivity contribution is -0.143. The Morgan fingerprint density at radius 3 is 2.64 bits per heavy atom. The Morgan fingerprint density at radius 2 is 1.97 bits per heavy atom. The Kier molecular flexibility index (Phi) is 11.3. The molecule has 0 radical (unpaired) electrons. The van der Waals surface area contributed by atoms with Crippen LogP contribution in [-0.2, 0) is 27.3 Å². The fourth-order valence-corrected chi connectivity index (χ4v) is 5.10. The molecule has 0 bridgehead atoms. The maximum atomic E-state index is 12.7. The van der Waals surface area contributed by atoms with E-state index in [0.29, 0.717) is 55.5 Å². The van der Waals surface area contributed by atoms with Crippen LogP contribution in [0.1, 0.15) is 60.7 Å². The Hall–Kier alpha value is -2.98. The summed E-state index contributed by atoms with van der Waals surface area (Å²) in [7, 11) is 3.47. The molecule has 2 heterocycles. The third kappa shape index (κ3) is 8.25. The van der Waals surface area contributed by atoms with Gasteiger partial charge in [0.1, 0.15) is 24.5 Å². The molecule has 2 aliphatic rings. The molecule has 0 fully saturated rings. The Bertz CT molecular complexity index is 1160. The van der Waals surface area contributed by atoms with E-state index in [1.165, 1.54) is 0 Å². The zero-order valence-electron chi connectivity index (χ0n) is 23.6. The monoisotopic (exact) mass is 574 g/mol. The van der Waals surface area contributed by atoms with Crippen LogP contribution in [0, 0.1) is 12.8 Å². The topological polar surface area (TPSA) is 77.5 Å². The largest absolute Gasteiger partial charge is 0.496 e. The van der Waals surface area contributed by atoms with Gasteiger partial charge in [-0.2, -0.15) is 0 Å². The Balaban J connectivity index is 1.72. The number of thioether (sulfide) groups is 1. The highest BCUT2D eigenvalue weighted by molar-refractivity contribution is 8.04. The molecule has 212 valence electrons. The fourth-order valence-electron chi connectivity index (χ4n) is 4.40. The van der Waals surface area contributed by atoms with Crippen LogP contribution in [0.2, 0.25) is 0 Å². The second kappa shape index (κ2) is 14.4. The van der Waals surface area contributed by atoms with Crippen molar-refractivity contribution in [3.05, 3.63) is 57.1 Å². The summed E-state index contributed by atoms with van der Waals surface area (Å²) in [5, 5.41) is 4.23. The number of hydrogen-bond acceptors (Lipinski definition) is 9. The molecule has 0 aromatic heterocycles. The van der Waals surface area contributed by atoms with Crippen molar-refractivity contribution < 1.29 is 28.5 Å². The van der Waals surface area contributed by atoms with Crippen molar-refractivity contribution in [3.63, 3.8) is 0 Å². The molecule has 0 N–H and O–H groups in total. The second-order valence-corrected chi connectivity index (χ2v) is 11.1. The molecule has 0 saturated heterocycles. The van der Waals surface area contributed by atoms with Gasteiger partial charge in [0, 0.05) is 43.5 Å². The maximum Gasteiger partial charge on any atom is 0.342 e. The highest BCUT2D eigenvalue weighted by Crippen LogP contribution is 2.43. The van der Waals surface area contributed by atoms with Gasteiger partial charge in [-0.25, -0.2) is 4.79 Å². The third-order valence-corrected chi connectivity index (χ3v) is 7.37. The van der Waals surface area contributed by atoms with Gasteiger partial charge in [0.15, 0.2) is 5.75 Å². The average molecular weight is 575 g/mol. The molecular weight excluding hydrogens is 536 g/mol. The van der Waals surface area contributed by atoms with E-state index in [2.05, 4.69) is 13.8 Å². The van der Waals surface area contributed by atoms with Gasteiger partial charge in [0.05, 0.1) is 13.7 Å². The van der Waals surface area contributed by atoms with Crippen molar-refractivity contribution in [1.29, 1.82) is 0 Å². The average Bonchev–Trinajstić information content (AvgIpc) is 3.29. The van der Waals surface area contributed by atoms with Crippen molar-refractivity contribution in [1.82, 2.24) is 9.80 Å². The minimum absolute atomic E-state index is 0.169. The fraction of sp³-hybridized carbons (Fsp3) is 0.483.